The van der Waals surface area contributed by atoms with E-state index in [-0.39, 0.29) is 17.9 Å². The molecule has 0 aromatic carbocycles. The summed E-state index contributed by atoms with van der Waals surface area (Å²) in [6, 6.07) is 0. The lowest BCUT2D eigenvalue weighted by Crippen LogP contribution is -2.54. The molecule has 1 spiro atoms. The summed E-state index contributed by atoms with van der Waals surface area (Å²) >= 11 is 0. The van der Waals surface area contributed by atoms with Crippen LogP contribution in [0, 0.1) is 40.4 Å². The van der Waals surface area contributed by atoms with Gasteiger partial charge >= 0.3 is 0 Å². The van der Waals surface area contributed by atoms with Crippen molar-refractivity contribution in [2.24, 2.45) is 40.4 Å². The Bertz CT molecular complexity index is 590. The first-order chi connectivity index (χ1) is 11.9. The Labute approximate surface area is 150 Å². The van der Waals surface area contributed by atoms with Gasteiger partial charge in [0.25, 0.3) is 0 Å². The summed E-state index contributed by atoms with van der Waals surface area (Å²) in [4.78, 5) is 12.0. The first-order valence-corrected chi connectivity index (χ1v) is 10.4. The lowest BCUT2D eigenvalue weighted by molar-refractivity contribution is -0.217. The maximum Gasteiger partial charge on any atom is 0.192 e. The smallest absolute Gasteiger partial charge is 0.192 e. The van der Waals surface area contributed by atoms with Crippen molar-refractivity contribution in [2.75, 3.05) is 13.2 Å². The Morgan fingerprint density at radius 2 is 1.96 bits per heavy atom. The standard InChI is InChI=1S/C21H32O4/c1-19-8-6-14(23)10-13(19)2-3-15-16(19)7-9-20-12-25-21(24,11-22)18(20)5-4-17(15)20/h13,15-18,22,24H,2-12H2,1H3/t13-,15+,16-,17-,18?,19?,20?,21?/m0/s1. The minimum absolute atomic E-state index is 0.0896. The molecule has 8 atom stereocenters. The number of rotatable bonds is 1. The van der Waals surface area contributed by atoms with E-state index >= 15 is 0 Å². The van der Waals surface area contributed by atoms with E-state index in [2.05, 4.69) is 6.92 Å². The fourth-order valence-electron chi connectivity index (χ4n) is 8.33. The SMILES string of the molecule is CC12CCC(=O)C[C@@H]1CC[C@H]1[C@@H]3CCC4C(O)(CO)OCC43CC[C@@H]12. The second-order valence-corrected chi connectivity index (χ2v) is 10.1. The molecule has 140 valence electrons. The first-order valence-electron chi connectivity index (χ1n) is 10.4. The van der Waals surface area contributed by atoms with Crippen molar-refractivity contribution in [2.45, 2.75) is 70.5 Å². The van der Waals surface area contributed by atoms with E-state index in [1.165, 1.54) is 25.7 Å². The Hall–Kier alpha value is -0.450. The first kappa shape index (κ1) is 16.7. The highest BCUT2D eigenvalue weighted by Crippen LogP contribution is 2.70. The van der Waals surface area contributed by atoms with Gasteiger partial charge in [0.05, 0.1) is 13.2 Å². The van der Waals surface area contributed by atoms with Gasteiger partial charge in [0.1, 0.15) is 5.78 Å². The molecule has 4 heteroatoms. The number of carbonyl (C=O) groups excluding carboxylic acids is 1. The van der Waals surface area contributed by atoms with E-state index in [9.17, 15) is 15.0 Å². The van der Waals surface area contributed by atoms with Gasteiger partial charge in [-0.25, -0.2) is 0 Å². The highest BCUT2D eigenvalue weighted by Gasteiger charge is 2.68. The van der Waals surface area contributed by atoms with Gasteiger partial charge in [-0.2, -0.15) is 0 Å². The number of ether oxygens (including phenoxy) is 1. The summed E-state index contributed by atoms with van der Waals surface area (Å²) in [5, 5.41) is 20.5. The highest BCUT2D eigenvalue weighted by molar-refractivity contribution is 5.79. The highest BCUT2D eigenvalue weighted by atomic mass is 16.6. The molecule has 5 rings (SSSR count). The van der Waals surface area contributed by atoms with Gasteiger partial charge < -0.3 is 14.9 Å². The van der Waals surface area contributed by atoms with Crippen LogP contribution in [0.4, 0.5) is 0 Å². The zero-order chi connectivity index (χ0) is 17.4. The van der Waals surface area contributed by atoms with Crippen LogP contribution in [0.5, 0.6) is 0 Å². The molecule has 4 aliphatic carbocycles. The number of Topliss-reactive ketones (excluding diaryl/α,β-unsaturated/α-hetero) is 1. The van der Waals surface area contributed by atoms with E-state index in [0.717, 1.165) is 43.9 Å². The fourth-order valence-corrected chi connectivity index (χ4v) is 8.33. The van der Waals surface area contributed by atoms with Crippen molar-refractivity contribution in [3.8, 4) is 0 Å². The lowest BCUT2D eigenvalue weighted by Gasteiger charge is -2.60. The summed E-state index contributed by atoms with van der Waals surface area (Å²) in [5.41, 5.74) is 0.426. The Morgan fingerprint density at radius 1 is 1.12 bits per heavy atom. The Balaban J connectivity index is 1.45. The van der Waals surface area contributed by atoms with Gasteiger partial charge in [-0.3, -0.25) is 4.79 Å². The summed E-state index contributed by atoms with van der Waals surface area (Å²) in [7, 11) is 0. The van der Waals surface area contributed by atoms with Gasteiger partial charge in [-0.05, 0) is 74.0 Å². The van der Waals surface area contributed by atoms with Crippen LogP contribution in [0.3, 0.4) is 0 Å². The molecule has 1 aliphatic heterocycles. The number of aliphatic hydroxyl groups excluding tert-OH is 1. The summed E-state index contributed by atoms with van der Waals surface area (Å²) < 4.78 is 5.80. The van der Waals surface area contributed by atoms with E-state index < -0.39 is 5.79 Å². The Kier molecular flexibility index (Phi) is 3.54. The minimum atomic E-state index is -1.31. The largest absolute Gasteiger partial charge is 0.391 e. The quantitative estimate of drug-likeness (QED) is 0.765. The molecular formula is C21H32O4. The molecule has 5 aliphatic rings. The summed E-state index contributed by atoms with van der Waals surface area (Å²) in [5.74, 6) is 1.96. The molecule has 0 amide bonds. The number of ketones is 1. The molecule has 0 radical (unpaired) electrons. The van der Waals surface area contributed by atoms with Crippen LogP contribution < -0.4 is 0 Å². The topological polar surface area (TPSA) is 66.8 Å². The summed E-state index contributed by atoms with van der Waals surface area (Å²) in [6.45, 7) is 2.82. The maximum atomic E-state index is 12.0. The normalized spacial score (nSPS) is 57.6. The lowest BCUT2D eigenvalue weighted by atomic mass is 9.44. The van der Waals surface area contributed by atoms with Crippen molar-refractivity contribution in [3.05, 3.63) is 0 Å². The number of hydrogen-bond donors (Lipinski definition) is 2. The van der Waals surface area contributed by atoms with Crippen molar-refractivity contribution in [1.29, 1.82) is 0 Å². The molecule has 2 N–H and O–H groups in total. The van der Waals surface area contributed by atoms with Crippen LogP contribution in [-0.4, -0.2) is 35.0 Å². The van der Waals surface area contributed by atoms with Gasteiger partial charge in [0.2, 0.25) is 0 Å². The fraction of sp³-hybridized carbons (Fsp3) is 0.952. The van der Waals surface area contributed by atoms with Crippen LogP contribution >= 0.6 is 0 Å². The molecular weight excluding hydrogens is 316 g/mol. The van der Waals surface area contributed by atoms with E-state index in [4.69, 9.17) is 4.74 Å². The van der Waals surface area contributed by atoms with Gasteiger partial charge in [0, 0.05) is 24.2 Å². The molecule has 25 heavy (non-hydrogen) atoms. The third kappa shape index (κ3) is 2.02. The molecule has 0 aromatic heterocycles. The summed E-state index contributed by atoms with van der Waals surface area (Å²) in [6.07, 6.45) is 9.62. The second-order valence-electron chi connectivity index (χ2n) is 10.1. The maximum absolute atomic E-state index is 12.0. The molecule has 4 saturated carbocycles. The van der Waals surface area contributed by atoms with E-state index in [0.29, 0.717) is 29.6 Å². The third-order valence-electron chi connectivity index (χ3n) is 9.56. The Morgan fingerprint density at radius 3 is 2.76 bits per heavy atom. The van der Waals surface area contributed by atoms with E-state index in [1.807, 2.05) is 0 Å². The van der Waals surface area contributed by atoms with Crippen LogP contribution in [-0.2, 0) is 9.53 Å². The van der Waals surface area contributed by atoms with Crippen LogP contribution in [0.1, 0.15) is 64.7 Å². The molecule has 1 heterocycles. The third-order valence-corrected chi connectivity index (χ3v) is 9.56. The van der Waals surface area contributed by atoms with Gasteiger partial charge in [-0.15, -0.1) is 0 Å². The number of aliphatic hydroxyl groups is 2. The zero-order valence-corrected chi connectivity index (χ0v) is 15.4. The number of fused-ring (bicyclic) bond motifs is 4. The average Bonchev–Trinajstić information content (AvgIpc) is 3.12. The molecule has 0 aromatic rings. The molecule has 1 saturated heterocycles. The van der Waals surface area contributed by atoms with Crippen molar-refractivity contribution >= 4 is 5.78 Å². The molecule has 4 unspecified atom stereocenters. The van der Waals surface area contributed by atoms with Crippen LogP contribution in [0.15, 0.2) is 0 Å². The second kappa shape index (κ2) is 5.30. The van der Waals surface area contributed by atoms with E-state index in [1.54, 1.807) is 0 Å². The predicted octanol–water partition coefficient (Wildman–Crippen LogP) is 2.91. The monoisotopic (exact) mass is 348 g/mol. The average molecular weight is 348 g/mol. The van der Waals surface area contributed by atoms with Crippen molar-refractivity contribution in [3.63, 3.8) is 0 Å². The van der Waals surface area contributed by atoms with Gasteiger partial charge in [-0.1, -0.05) is 6.92 Å². The number of hydrogen-bond acceptors (Lipinski definition) is 4. The molecule has 0 bridgehead atoms. The van der Waals surface area contributed by atoms with Crippen molar-refractivity contribution < 1.29 is 19.7 Å². The molecule has 5 fully saturated rings. The van der Waals surface area contributed by atoms with Crippen LogP contribution in [0.2, 0.25) is 0 Å². The van der Waals surface area contributed by atoms with Crippen LogP contribution in [0.25, 0.3) is 0 Å². The van der Waals surface area contributed by atoms with Gasteiger partial charge in [0.15, 0.2) is 5.79 Å². The number of carbonyl (C=O) groups is 1. The predicted molar refractivity (Wildman–Crippen MR) is 92.5 cm³/mol. The van der Waals surface area contributed by atoms with Crippen molar-refractivity contribution in [1.82, 2.24) is 0 Å². The zero-order valence-electron chi connectivity index (χ0n) is 15.4. The molecule has 4 nitrogen and oxygen atoms in total. The minimum Gasteiger partial charge on any atom is -0.391 e.